The molecule has 4 unspecified atom stereocenters. The molecule has 0 spiro atoms. The molecule has 9 nitrogen and oxygen atoms in total. The first-order valence-corrected chi connectivity index (χ1v) is 9.15. The minimum Gasteiger partial charge on any atom is -0.394 e. The Morgan fingerprint density at radius 2 is 2.00 bits per heavy atom. The number of fused-ring (bicyclic) bond motifs is 1. The van der Waals surface area contributed by atoms with Gasteiger partial charge in [-0.2, -0.15) is 0 Å². The zero-order valence-electron chi connectivity index (χ0n) is 14.8. The van der Waals surface area contributed by atoms with Gasteiger partial charge >= 0.3 is 0 Å². The Kier molecular flexibility index (Phi) is 6.02. The van der Waals surface area contributed by atoms with Crippen molar-refractivity contribution in [1.29, 1.82) is 0 Å². The maximum absolute atomic E-state index is 12.3. The van der Waals surface area contributed by atoms with Crippen molar-refractivity contribution >= 4 is 11.2 Å². The van der Waals surface area contributed by atoms with E-state index in [0.29, 0.717) is 17.9 Å². The molecule has 3 heterocycles. The number of H-pyrrole nitrogens is 1. The Morgan fingerprint density at radius 1 is 1.23 bits per heavy atom. The number of ether oxygens (including phenoxy) is 1. The minimum absolute atomic E-state index is 0.150. The molecule has 1 aliphatic heterocycles. The quantitative estimate of drug-likeness (QED) is 0.492. The Morgan fingerprint density at radius 3 is 2.69 bits per heavy atom. The number of rotatable bonds is 8. The Balaban J connectivity index is 1.83. The molecule has 1 saturated heterocycles. The summed E-state index contributed by atoms with van der Waals surface area (Å²) in [6, 6.07) is 0. The minimum atomic E-state index is -1.25. The number of imidazole rings is 1. The van der Waals surface area contributed by atoms with Crippen LogP contribution in [0.2, 0.25) is 0 Å². The van der Waals surface area contributed by atoms with Crippen LogP contribution in [0, 0.1) is 0 Å². The molecule has 3 rings (SSSR count). The number of aromatic amines is 1. The molecule has 0 radical (unpaired) electrons. The van der Waals surface area contributed by atoms with Crippen LogP contribution in [0.15, 0.2) is 11.1 Å². The number of aryl methyl sites for hydroxylation is 1. The molecule has 26 heavy (non-hydrogen) atoms. The first-order chi connectivity index (χ1) is 12.6. The van der Waals surface area contributed by atoms with E-state index in [9.17, 15) is 20.1 Å². The van der Waals surface area contributed by atoms with Gasteiger partial charge < -0.3 is 25.0 Å². The van der Waals surface area contributed by atoms with Crippen molar-refractivity contribution in [3.63, 3.8) is 0 Å². The molecule has 0 amide bonds. The van der Waals surface area contributed by atoms with Crippen LogP contribution in [-0.2, 0) is 11.2 Å². The summed E-state index contributed by atoms with van der Waals surface area (Å²) in [5.74, 6) is 0.562. The van der Waals surface area contributed by atoms with Gasteiger partial charge in [-0.1, -0.05) is 32.6 Å². The Hall–Kier alpha value is -1.81. The van der Waals surface area contributed by atoms with Gasteiger partial charge in [-0.15, -0.1) is 0 Å². The summed E-state index contributed by atoms with van der Waals surface area (Å²) in [6.45, 7) is 1.74. The van der Waals surface area contributed by atoms with Gasteiger partial charge in [0.25, 0.3) is 5.56 Å². The van der Waals surface area contributed by atoms with Crippen LogP contribution < -0.4 is 5.56 Å². The van der Waals surface area contributed by atoms with E-state index in [1.54, 1.807) is 0 Å². The zero-order chi connectivity index (χ0) is 18.7. The maximum atomic E-state index is 12.3. The van der Waals surface area contributed by atoms with E-state index in [1.807, 2.05) is 0 Å². The number of nitrogens with one attached hydrogen (secondary N) is 1. The van der Waals surface area contributed by atoms with Gasteiger partial charge in [0.15, 0.2) is 17.4 Å². The van der Waals surface area contributed by atoms with Crippen molar-refractivity contribution in [3.05, 3.63) is 22.5 Å². The third-order valence-electron chi connectivity index (χ3n) is 4.79. The highest BCUT2D eigenvalue weighted by Gasteiger charge is 2.44. The summed E-state index contributed by atoms with van der Waals surface area (Å²) in [5, 5.41) is 29.4. The summed E-state index contributed by atoms with van der Waals surface area (Å²) < 4.78 is 6.95. The lowest BCUT2D eigenvalue weighted by atomic mass is 10.1. The third-order valence-corrected chi connectivity index (χ3v) is 4.79. The fourth-order valence-electron chi connectivity index (χ4n) is 3.28. The number of aliphatic hydroxyl groups excluding tert-OH is 3. The second-order valence-corrected chi connectivity index (χ2v) is 6.73. The van der Waals surface area contributed by atoms with E-state index in [-0.39, 0.29) is 11.1 Å². The molecule has 2 aromatic rings. The fourth-order valence-corrected chi connectivity index (χ4v) is 3.28. The first-order valence-electron chi connectivity index (χ1n) is 9.15. The van der Waals surface area contributed by atoms with E-state index >= 15 is 0 Å². The molecule has 0 saturated carbocycles. The van der Waals surface area contributed by atoms with Crippen LogP contribution >= 0.6 is 0 Å². The van der Waals surface area contributed by atoms with E-state index < -0.39 is 31.1 Å². The van der Waals surface area contributed by atoms with Crippen LogP contribution in [0.5, 0.6) is 0 Å². The van der Waals surface area contributed by atoms with Crippen molar-refractivity contribution in [2.24, 2.45) is 0 Å². The number of nitrogens with zero attached hydrogens (tertiary/aromatic N) is 3. The van der Waals surface area contributed by atoms with Crippen LogP contribution in [0.1, 0.15) is 51.1 Å². The van der Waals surface area contributed by atoms with Gasteiger partial charge in [0.1, 0.15) is 24.1 Å². The zero-order valence-corrected chi connectivity index (χ0v) is 14.8. The third kappa shape index (κ3) is 3.66. The average Bonchev–Trinajstić information content (AvgIpc) is 3.17. The summed E-state index contributed by atoms with van der Waals surface area (Å²) in [6.07, 6.45) is 3.21. The molecular formula is C17H26N4O5. The molecule has 2 aromatic heterocycles. The number of aromatic nitrogens is 4. The molecular weight excluding hydrogens is 340 g/mol. The molecule has 144 valence electrons. The van der Waals surface area contributed by atoms with Crippen LogP contribution in [0.3, 0.4) is 0 Å². The lowest BCUT2D eigenvalue weighted by Crippen LogP contribution is -2.33. The standard InChI is InChI=1S/C17H26N4O5/c1-2-3-4-5-6-7-11-19-15-12(16(25)20-11)18-9-21(15)17-14(24)13(23)10(8-22)26-17/h9-10,13-14,17,22-24H,2-8H2,1H3,(H,19,20,25). The predicted molar refractivity (Wildman–Crippen MR) is 93.6 cm³/mol. The van der Waals surface area contributed by atoms with Crippen LogP contribution in [-0.4, -0.2) is 59.8 Å². The molecule has 1 fully saturated rings. The van der Waals surface area contributed by atoms with Crippen LogP contribution in [0.4, 0.5) is 0 Å². The average molecular weight is 366 g/mol. The summed E-state index contributed by atoms with van der Waals surface area (Å²) >= 11 is 0. The summed E-state index contributed by atoms with van der Waals surface area (Å²) in [5.41, 5.74) is 0.105. The van der Waals surface area contributed by atoms with Crippen molar-refractivity contribution in [1.82, 2.24) is 19.5 Å². The lowest BCUT2D eigenvalue weighted by Gasteiger charge is -2.16. The fraction of sp³-hybridized carbons (Fsp3) is 0.706. The summed E-state index contributed by atoms with van der Waals surface area (Å²) in [4.78, 5) is 23.5. The molecule has 4 atom stereocenters. The largest absolute Gasteiger partial charge is 0.394 e. The van der Waals surface area contributed by atoms with E-state index in [1.165, 1.54) is 23.7 Å². The number of hydrogen-bond acceptors (Lipinski definition) is 7. The van der Waals surface area contributed by atoms with E-state index in [0.717, 1.165) is 19.3 Å². The molecule has 0 aromatic carbocycles. The molecule has 1 aliphatic rings. The predicted octanol–water partition coefficient (Wildman–Crippen LogP) is 0.244. The first kappa shape index (κ1) is 19.0. The molecule has 9 heteroatoms. The second-order valence-electron chi connectivity index (χ2n) is 6.73. The van der Waals surface area contributed by atoms with Crippen molar-refractivity contribution < 1.29 is 20.1 Å². The molecule has 4 N–H and O–H groups in total. The summed E-state index contributed by atoms with van der Waals surface area (Å²) in [7, 11) is 0. The van der Waals surface area contributed by atoms with Crippen LogP contribution in [0.25, 0.3) is 11.2 Å². The topological polar surface area (TPSA) is 133 Å². The molecule has 0 bridgehead atoms. The van der Waals surface area contributed by atoms with Crippen molar-refractivity contribution in [2.75, 3.05) is 6.61 Å². The normalized spacial score (nSPS) is 26.0. The lowest BCUT2D eigenvalue weighted by molar-refractivity contribution is -0.0511. The molecule has 0 aliphatic carbocycles. The van der Waals surface area contributed by atoms with Gasteiger partial charge in [0, 0.05) is 6.42 Å². The van der Waals surface area contributed by atoms with E-state index in [4.69, 9.17) is 4.74 Å². The van der Waals surface area contributed by atoms with Gasteiger partial charge in [-0.3, -0.25) is 9.36 Å². The highest BCUT2D eigenvalue weighted by molar-refractivity contribution is 5.69. The monoisotopic (exact) mass is 366 g/mol. The maximum Gasteiger partial charge on any atom is 0.279 e. The van der Waals surface area contributed by atoms with Gasteiger partial charge in [-0.25, -0.2) is 9.97 Å². The SMILES string of the molecule is CCCCCCCc1nc2c(ncn2C2OC(CO)C(O)C2O)c(=O)[nH]1. The number of unbranched alkanes of at least 4 members (excludes halogenated alkanes) is 4. The van der Waals surface area contributed by atoms with Gasteiger partial charge in [0.05, 0.1) is 12.9 Å². The van der Waals surface area contributed by atoms with Gasteiger partial charge in [0.2, 0.25) is 0 Å². The number of aliphatic hydroxyl groups is 3. The Labute approximate surface area is 150 Å². The van der Waals surface area contributed by atoms with Crippen molar-refractivity contribution in [3.8, 4) is 0 Å². The van der Waals surface area contributed by atoms with Gasteiger partial charge in [-0.05, 0) is 6.42 Å². The van der Waals surface area contributed by atoms with E-state index in [2.05, 4.69) is 21.9 Å². The second kappa shape index (κ2) is 8.26. The number of hydrogen-bond donors (Lipinski definition) is 4. The highest BCUT2D eigenvalue weighted by Crippen LogP contribution is 2.30. The smallest absolute Gasteiger partial charge is 0.279 e. The van der Waals surface area contributed by atoms with Crippen molar-refractivity contribution in [2.45, 2.75) is 70.0 Å². The Bertz CT molecular complexity index is 789. The highest BCUT2D eigenvalue weighted by atomic mass is 16.6.